The van der Waals surface area contributed by atoms with E-state index >= 15 is 0 Å². The second kappa shape index (κ2) is 6.14. The van der Waals surface area contributed by atoms with E-state index in [0.29, 0.717) is 13.1 Å². The predicted molar refractivity (Wildman–Crippen MR) is 83.7 cm³/mol. The Morgan fingerprint density at radius 3 is 2.44 bits per heavy atom. The van der Waals surface area contributed by atoms with Gasteiger partial charge in [-0.15, -0.1) is 0 Å². The molecule has 1 saturated heterocycles. The molecule has 25 heavy (non-hydrogen) atoms. The fraction of sp³-hybridized carbons (Fsp3) is 0.438. The topological polar surface area (TPSA) is 75.6 Å². The lowest BCUT2D eigenvalue weighted by Crippen LogP contribution is -2.46. The highest BCUT2D eigenvalue weighted by Gasteiger charge is 2.37. The number of halogens is 3. The summed E-state index contributed by atoms with van der Waals surface area (Å²) in [5.41, 5.74) is 0.0144. The maximum absolute atomic E-state index is 13.2. The lowest BCUT2D eigenvalue weighted by Gasteiger charge is -2.36. The molecule has 1 N–H and O–H groups in total. The summed E-state index contributed by atoms with van der Waals surface area (Å²) < 4.78 is 45.1. The number of rotatable bonds is 2. The van der Waals surface area contributed by atoms with Crippen LogP contribution in [0.2, 0.25) is 0 Å². The highest BCUT2D eigenvalue weighted by atomic mass is 19.4. The molecule has 3 rings (SSSR count). The molecule has 6 nitrogen and oxygen atoms in total. The number of aromatic carboxylic acids is 1. The van der Waals surface area contributed by atoms with Crippen LogP contribution in [-0.4, -0.2) is 46.3 Å². The maximum Gasteiger partial charge on any atom is 0.451 e. The fourth-order valence-electron chi connectivity index (χ4n) is 2.96. The molecule has 0 saturated carbocycles. The average Bonchev–Trinajstić information content (AvgIpc) is 2.51. The van der Waals surface area contributed by atoms with E-state index in [2.05, 4.69) is 9.97 Å². The number of aromatic nitrogens is 2. The van der Waals surface area contributed by atoms with E-state index in [1.54, 1.807) is 4.90 Å². The van der Waals surface area contributed by atoms with Gasteiger partial charge in [-0.25, -0.2) is 14.8 Å². The van der Waals surface area contributed by atoms with Crippen LogP contribution < -0.4 is 4.90 Å². The molecule has 0 bridgehead atoms. The molecule has 1 aromatic heterocycles. The third kappa shape index (κ3) is 3.51. The number of alkyl halides is 3. The maximum atomic E-state index is 13.2. The van der Waals surface area contributed by atoms with Gasteiger partial charge in [-0.05, 0) is 32.0 Å². The minimum Gasteiger partial charge on any atom is -0.478 e. The number of anilines is 1. The highest BCUT2D eigenvalue weighted by molar-refractivity contribution is 5.97. The van der Waals surface area contributed by atoms with Crippen molar-refractivity contribution in [1.82, 2.24) is 9.97 Å². The molecular formula is C16H16F3N3O3. The smallest absolute Gasteiger partial charge is 0.451 e. The monoisotopic (exact) mass is 355 g/mol. The number of hydrogen-bond acceptors (Lipinski definition) is 5. The van der Waals surface area contributed by atoms with Crippen LogP contribution in [0.1, 0.15) is 30.0 Å². The molecule has 0 aliphatic carbocycles. The Morgan fingerprint density at radius 1 is 1.24 bits per heavy atom. The van der Waals surface area contributed by atoms with Crippen molar-refractivity contribution in [3.8, 4) is 0 Å². The van der Waals surface area contributed by atoms with Crippen molar-refractivity contribution in [2.24, 2.45) is 0 Å². The van der Waals surface area contributed by atoms with Gasteiger partial charge < -0.3 is 14.7 Å². The van der Waals surface area contributed by atoms with Gasteiger partial charge in [0.2, 0.25) is 5.82 Å². The highest BCUT2D eigenvalue weighted by Crippen LogP contribution is 2.33. The SMILES string of the molecule is CC1CN(c2nc(C(F)(F)F)nc3ccc(C(=O)O)cc23)CC(C)O1. The lowest BCUT2D eigenvalue weighted by atomic mass is 10.1. The van der Waals surface area contributed by atoms with Crippen molar-refractivity contribution in [3.05, 3.63) is 29.6 Å². The molecule has 0 radical (unpaired) electrons. The molecule has 9 heteroatoms. The van der Waals surface area contributed by atoms with Crippen LogP contribution in [0.25, 0.3) is 10.9 Å². The van der Waals surface area contributed by atoms with E-state index in [4.69, 9.17) is 9.84 Å². The molecule has 0 amide bonds. The Balaban J connectivity index is 2.21. The van der Waals surface area contributed by atoms with Crippen LogP contribution in [0.5, 0.6) is 0 Å². The molecule has 2 aromatic rings. The molecule has 1 aliphatic heterocycles. The standard InChI is InChI=1S/C16H16F3N3O3/c1-8-6-22(7-9(2)25-8)13-11-5-10(14(23)24)3-4-12(11)20-15(21-13)16(17,18)19/h3-5,8-9H,6-7H2,1-2H3,(H,23,24). The summed E-state index contributed by atoms with van der Waals surface area (Å²) in [6.45, 7) is 4.34. The molecule has 1 aliphatic rings. The third-order valence-corrected chi connectivity index (χ3v) is 3.90. The van der Waals surface area contributed by atoms with E-state index < -0.39 is 18.0 Å². The Labute approximate surface area is 141 Å². The number of ether oxygens (including phenoxy) is 1. The van der Waals surface area contributed by atoms with Crippen molar-refractivity contribution in [3.63, 3.8) is 0 Å². The van der Waals surface area contributed by atoms with Crippen LogP contribution in [0, 0.1) is 0 Å². The van der Waals surface area contributed by atoms with Crippen molar-refractivity contribution < 1.29 is 27.8 Å². The number of nitrogens with zero attached hydrogens (tertiary/aromatic N) is 3. The van der Waals surface area contributed by atoms with Crippen molar-refractivity contribution >= 4 is 22.7 Å². The first-order chi connectivity index (χ1) is 11.6. The van der Waals surface area contributed by atoms with E-state index in [1.165, 1.54) is 18.2 Å². The van der Waals surface area contributed by atoms with Gasteiger partial charge in [-0.2, -0.15) is 13.2 Å². The van der Waals surface area contributed by atoms with Crippen molar-refractivity contribution in [2.45, 2.75) is 32.2 Å². The van der Waals surface area contributed by atoms with Crippen LogP contribution in [-0.2, 0) is 10.9 Å². The van der Waals surface area contributed by atoms with Gasteiger partial charge in [-0.1, -0.05) is 0 Å². The van der Waals surface area contributed by atoms with E-state index in [9.17, 15) is 18.0 Å². The summed E-state index contributed by atoms with van der Waals surface area (Å²) in [6.07, 6.45) is -5.07. The quantitative estimate of drug-likeness (QED) is 0.893. The van der Waals surface area contributed by atoms with E-state index in [-0.39, 0.29) is 34.5 Å². The molecule has 1 fully saturated rings. The van der Waals surface area contributed by atoms with E-state index in [1.807, 2.05) is 13.8 Å². The zero-order chi connectivity index (χ0) is 18.4. The van der Waals surface area contributed by atoms with E-state index in [0.717, 1.165) is 0 Å². The number of hydrogen-bond donors (Lipinski definition) is 1. The van der Waals surface area contributed by atoms with Gasteiger partial charge in [0.1, 0.15) is 5.82 Å². The van der Waals surface area contributed by atoms with Gasteiger partial charge >= 0.3 is 12.1 Å². The Kier molecular flexibility index (Phi) is 4.28. The molecule has 1 aromatic carbocycles. The summed E-state index contributed by atoms with van der Waals surface area (Å²) in [5, 5.41) is 9.43. The summed E-state index contributed by atoms with van der Waals surface area (Å²) in [6, 6.07) is 3.80. The Morgan fingerprint density at radius 2 is 1.88 bits per heavy atom. The van der Waals surface area contributed by atoms with Gasteiger partial charge in [0, 0.05) is 18.5 Å². The average molecular weight is 355 g/mol. The zero-order valence-electron chi connectivity index (χ0n) is 13.5. The lowest BCUT2D eigenvalue weighted by molar-refractivity contribution is -0.144. The molecule has 134 valence electrons. The second-order valence-electron chi connectivity index (χ2n) is 6.07. The number of benzene rings is 1. The van der Waals surface area contributed by atoms with Crippen LogP contribution in [0.3, 0.4) is 0 Å². The van der Waals surface area contributed by atoms with Crippen molar-refractivity contribution in [1.29, 1.82) is 0 Å². The minimum atomic E-state index is -4.70. The van der Waals surface area contributed by atoms with Crippen molar-refractivity contribution in [2.75, 3.05) is 18.0 Å². The molecule has 2 heterocycles. The van der Waals surface area contributed by atoms with Crippen LogP contribution >= 0.6 is 0 Å². The summed E-state index contributed by atoms with van der Waals surface area (Å²) in [5.74, 6) is -2.34. The number of morpholine rings is 1. The van der Waals surface area contributed by atoms with Crippen LogP contribution in [0.15, 0.2) is 18.2 Å². The summed E-state index contributed by atoms with van der Waals surface area (Å²) in [4.78, 5) is 20.2. The molecule has 0 spiro atoms. The second-order valence-corrected chi connectivity index (χ2v) is 6.07. The predicted octanol–water partition coefficient (Wildman–Crippen LogP) is 2.96. The summed E-state index contributed by atoms with van der Waals surface area (Å²) >= 11 is 0. The first-order valence-electron chi connectivity index (χ1n) is 7.68. The van der Waals surface area contributed by atoms with Gasteiger partial charge in [0.25, 0.3) is 0 Å². The number of carbonyl (C=O) groups is 1. The van der Waals surface area contributed by atoms with Gasteiger partial charge in [0.05, 0.1) is 23.3 Å². The zero-order valence-corrected chi connectivity index (χ0v) is 13.5. The number of carboxylic acids is 1. The fourth-order valence-corrected chi connectivity index (χ4v) is 2.96. The van der Waals surface area contributed by atoms with Gasteiger partial charge in [0.15, 0.2) is 0 Å². The first-order valence-corrected chi connectivity index (χ1v) is 7.68. The number of fused-ring (bicyclic) bond motifs is 1. The minimum absolute atomic E-state index is 0.0357. The normalized spacial score (nSPS) is 21.6. The Bertz CT molecular complexity index is 815. The third-order valence-electron chi connectivity index (χ3n) is 3.90. The number of carboxylic acid groups (broad SMARTS) is 1. The van der Waals surface area contributed by atoms with Gasteiger partial charge in [-0.3, -0.25) is 0 Å². The Hall–Kier alpha value is -2.42. The first kappa shape index (κ1) is 17.4. The molecule has 2 atom stereocenters. The largest absolute Gasteiger partial charge is 0.478 e. The summed E-state index contributed by atoms with van der Waals surface area (Å²) in [7, 11) is 0. The molecular weight excluding hydrogens is 339 g/mol. The van der Waals surface area contributed by atoms with Crippen LogP contribution in [0.4, 0.5) is 19.0 Å². The molecule has 2 unspecified atom stereocenters.